The fraction of sp³-hybridized carbons (Fsp3) is 0. The van der Waals surface area contributed by atoms with Gasteiger partial charge in [-0.2, -0.15) is 0 Å². The van der Waals surface area contributed by atoms with Crippen LogP contribution in [-0.2, 0) is 66.8 Å². The summed E-state index contributed by atoms with van der Waals surface area (Å²) >= 11 is 0. The average molecular weight is 438 g/mol. The van der Waals surface area contributed by atoms with Crippen molar-refractivity contribution in [1.82, 2.24) is 0 Å². The van der Waals surface area contributed by atoms with Crippen LogP contribution >= 0.6 is 0 Å². The summed E-state index contributed by atoms with van der Waals surface area (Å²) in [5.41, 5.74) is 0. The molecule has 5 nitrogen and oxygen atoms in total. The first-order chi connectivity index (χ1) is 0. The van der Waals surface area contributed by atoms with Crippen LogP contribution in [0.4, 0.5) is 0 Å². The molecule has 0 amide bonds. The van der Waals surface area contributed by atoms with E-state index in [4.69, 9.17) is 0 Å². The van der Waals surface area contributed by atoms with Gasteiger partial charge in [-0.3, -0.25) is 0 Å². The van der Waals surface area contributed by atoms with Crippen molar-refractivity contribution in [3.05, 3.63) is 0 Å². The maximum Gasteiger partial charge on any atom is 5.00 e. The van der Waals surface area contributed by atoms with Crippen LogP contribution in [0, 0.1) is 0 Å². The maximum atomic E-state index is 0. The second kappa shape index (κ2) is 149. The summed E-state index contributed by atoms with van der Waals surface area (Å²) < 4.78 is 0. The minimum atomic E-state index is 0. The molecule has 8 heavy (non-hydrogen) atoms. The van der Waals surface area contributed by atoms with Crippen LogP contribution in [0.5, 0.6) is 0 Å². The summed E-state index contributed by atoms with van der Waals surface area (Å²) in [6.07, 6.45) is 0. The molecule has 0 rings (SSSR count). The molecule has 0 atom stereocenters. The first-order valence-corrected chi connectivity index (χ1v) is 0. The monoisotopic (exact) mass is 438 g/mol. The minimum absolute atomic E-state index is 0. The molecular weight excluding hydrogens is 438 g/mol. The zero-order valence-electron chi connectivity index (χ0n) is 3.29. The summed E-state index contributed by atoms with van der Waals surface area (Å²) in [7, 11) is 0. The molecule has 0 N–H and O–H groups in total. The second-order valence-electron chi connectivity index (χ2n) is 0. The zero-order valence-corrected chi connectivity index (χ0v) is 10.1. The third-order valence-corrected chi connectivity index (χ3v) is 0. The van der Waals surface area contributed by atoms with E-state index in [2.05, 4.69) is 0 Å². The van der Waals surface area contributed by atoms with Gasteiger partial charge in [-0.15, -0.1) is 0 Å². The maximum absolute atomic E-state index is 0. The fourth-order valence-electron chi connectivity index (χ4n) is 0. The van der Waals surface area contributed by atoms with Crippen molar-refractivity contribution in [2.75, 3.05) is 0 Å². The van der Waals surface area contributed by atoms with Gasteiger partial charge >= 0.3 is 65.7 Å². The van der Waals surface area contributed by atoms with Gasteiger partial charge in [0.1, 0.15) is 0 Å². The van der Waals surface area contributed by atoms with E-state index in [1.807, 2.05) is 0 Å². The fourth-order valence-corrected chi connectivity index (χ4v) is 0. The summed E-state index contributed by atoms with van der Waals surface area (Å²) in [6.45, 7) is 0. The molecule has 0 fully saturated rings. The Hall–Kier alpha value is 1.94. The van der Waals surface area contributed by atoms with E-state index < -0.39 is 0 Å². The molecule has 0 aliphatic heterocycles. The van der Waals surface area contributed by atoms with Crippen molar-refractivity contribution < 1.29 is 66.8 Å². The van der Waals surface area contributed by atoms with Gasteiger partial charge in [0, 0.05) is 0 Å². The van der Waals surface area contributed by atoms with E-state index in [9.17, 15) is 0 Å². The molecule has 0 aliphatic carbocycles. The van der Waals surface area contributed by atoms with Crippen LogP contribution in [0.2, 0.25) is 0 Å². The van der Waals surface area contributed by atoms with Gasteiger partial charge in [-0.1, -0.05) is 0 Å². The predicted molar refractivity (Wildman–Crippen MR) is 9.19 cm³/mol. The number of hydrogen-bond acceptors (Lipinski definition) is 0. The molecule has 0 aromatic rings. The summed E-state index contributed by atoms with van der Waals surface area (Å²) in [6, 6.07) is 0. The average Bonchev–Trinajstić information content (AvgIpc) is 0. The van der Waals surface area contributed by atoms with Gasteiger partial charge in [-0.25, -0.2) is 0 Å². The van der Waals surface area contributed by atoms with Gasteiger partial charge < -0.3 is 27.4 Å². The standard InChI is InChI=1S/Bi.Fe.Nb.5O/q+3;+2;+5;5*-2. The van der Waals surface area contributed by atoms with Crippen molar-refractivity contribution in [3.8, 4) is 0 Å². The van der Waals surface area contributed by atoms with Crippen LogP contribution in [-0.4, -0.2) is 26.2 Å². The normalized spacial score (nSPS) is 0. The van der Waals surface area contributed by atoms with Crippen LogP contribution in [0.1, 0.15) is 0 Å². The predicted octanol–water partition coefficient (Wildman–Crippen LogP) is -0.980. The smallest absolute Gasteiger partial charge is 2.00 e. The molecule has 0 saturated heterocycles. The van der Waals surface area contributed by atoms with Crippen molar-refractivity contribution in [1.29, 1.82) is 0 Å². The van der Waals surface area contributed by atoms with Crippen molar-refractivity contribution >= 4 is 26.2 Å². The molecular formula is BiFeNbO5. The van der Waals surface area contributed by atoms with Crippen LogP contribution < -0.4 is 0 Å². The molecule has 2 radical (unpaired) electrons. The molecule has 48 valence electrons. The molecule has 0 bridgehead atoms. The zero-order chi connectivity index (χ0) is 0. The van der Waals surface area contributed by atoms with E-state index >= 15 is 0 Å². The second-order valence-corrected chi connectivity index (χ2v) is 0. The Morgan fingerprint density at radius 1 is 0.500 bits per heavy atom. The van der Waals surface area contributed by atoms with Crippen LogP contribution in [0.25, 0.3) is 0 Å². The Kier molecular flexibility index (Phi) is 3940. The largest absolute Gasteiger partial charge is 5.00 e. The Morgan fingerprint density at radius 3 is 0.500 bits per heavy atom. The van der Waals surface area contributed by atoms with Crippen LogP contribution in [0.15, 0.2) is 0 Å². The van der Waals surface area contributed by atoms with Gasteiger partial charge in [0.2, 0.25) is 0 Å². The van der Waals surface area contributed by atoms with E-state index in [-0.39, 0.29) is 93.0 Å². The van der Waals surface area contributed by atoms with Gasteiger partial charge in [-0.05, 0) is 0 Å². The SMILES string of the molecule is [Bi+3].[Fe+2].[Nb+5].[O-2].[O-2].[O-2].[O-2].[O-2]. The molecule has 0 unspecified atom stereocenters. The first kappa shape index (κ1) is 211. The summed E-state index contributed by atoms with van der Waals surface area (Å²) in [5.74, 6) is 0. The summed E-state index contributed by atoms with van der Waals surface area (Å²) in [4.78, 5) is 0. The molecule has 0 saturated carbocycles. The Balaban J connectivity index is 0. The molecule has 0 aromatic heterocycles. The van der Waals surface area contributed by atoms with E-state index in [1.54, 1.807) is 0 Å². The third kappa shape index (κ3) is 101. The molecule has 0 aromatic carbocycles. The number of hydrogen-bond donors (Lipinski definition) is 0. The minimum Gasteiger partial charge on any atom is -2.00 e. The quantitative estimate of drug-likeness (QED) is 0.429. The topological polar surface area (TPSA) is 142 Å². The molecule has 0 heterocycles. The van der Waals surface area contributed by atoms with Crippen LogP contribution in [0.3, 0.4) is 0 Å². The van der Waals surface area contributed by atoms with E-state index in [1.165, 1.54) is 0 Å². The first-order valence-electron chi connectivity index (χ1n) is 0. The van der Waals surface area contributed by atoms with Crippen molar-refractivity contribution in [2.45, 2.75) is 0 Å². The van der Waals surface area contributed by atoms with E-state index in [0.29, 0.717) is 0 Å². The van der Waals surface area contributed by atoms with Gasteiger partial charge in [0.15, 0.2) is 0 Å². The van der Waals surface area contributed by atoms with Crippen molar-refractivity contribution in [3.63, 3.8) is 0 Å². The Bertz CT molecular complexity index is 12.4. The summed E-state index contributed by atoms with van der Waals surface area (Å²) in [5, 5.41) is 0. The van der Waals surface area contributed by atoms with Gasteiger partial charge in [0.05, 0.1) is 0 Å². The third-order valence-electron chi connectivity index (χ3n) is 0. The van der Waals surface area contributed by atoms with Crippen molar-refractivity contribution in [2.24, 2.45) is 0 Å². The Morgan fingerprint density at radius 2 is 0.500 bits per heavy atom. The van der Waals surface area contributed by atoms with Gasteiger partial charge in [0.25, 0.3) is 0 Å². The molecule has 0 spiro atoms. The Labute approximate surface area is 92.2 Å². The van der Waals surface area contributed by atoms with E-state index in [0.717, 1.165) is 0 Å². The molecule has 8 heteroatoms. The molecule has 0 aliphatic rings. The number of rotatable bonds is 0.